The number of nitrogens with zero attached hydrogens (tertiary/aromatic N) is 3. The number of rotatable bonds is 3. The van der Waals surface area contributed by atoms with Crippen molar-refractivity contribution in [1.29, 1.82) is 0 Å². The topological polar surface area (TPSA) is 51.5 Å². The summed E-state index contributed by atoms with van der Waals surface area (Å²) in [5.74, 6) is 0.955. The second kappa shape index (κ2) is 5.04. The molecule has 18 heavy (non-hydrogen) atoms. The van der Waals surface area contributed by atoms with Crippen molar-refractivity contribution in [3.05, 3.63) is 30.2 Å². The first kappa shape index (κ1) is 11.6. The predicted octanol–water partition coefficient (Wildman–Crippen LogP) is 1.56. The Morgan fingerprint density at radius 2 is 2.39 bits per heavy atom. The standard InChI is InChI=1S/C13H18N4O/c1-10(14-11-5-4-8-18-9-11)13-16-15-12-6-2-3-7-17(12)13/h2-3,6-7,10-11,14H,4-5,8-9H2,1H3. The van der Waals surface area contributed by atoms with Crippen LogP contribution in [0.3, 0.4) is 0 Å². The van der Waals surface area contributed by atoms with Crippen LogP contribution < -0.4 is 5.32 Å². The number of aromatic nitrogens is 3. The fraction of sp³-hybridized carbons (Fsp3) is 0.538. The van der Waals surface area contributed by atoms with Gasteiger partial charge >= 0.3 is 0 Å². The van der Waals surface area contributed by atoms with Crippen molar-refractivity contribution in [2.75, 3.05) is 13.2 Å². The van der Waals surface area contributed by atoms with Crippen LogP contribution in [0.4, 0.5) is 0 Å². The molecule has 3 rings (SSSR count). The van der Waals surface area contributed by atoms with E-state index >= 15 is 0 Å². The Morgan fingerprint density at radius 1 is 1.44 bits per heavy atom. The van der Waals surface area contributed by atoms with Gasteiger partial charge in [0.05, 0.1) is 12.6 Å². The molecule has 2 atom stereocenters. The number of hydrogen-bond acceptors (Lipinski definition) is 4. The van der Waals surface area contributed by atoms with Crippen molar-refractivity contribution < 1.29 is 4.74 Å². The third-order valence-electron chi connectivity index (χ3n) is 3.37. The number of nitrogens with one attached hydrogen (secondary N) is 1. The minimum atomic E-state index is 0.175. The maximum atomic E-state index is 5.48. The minimum Gasteiger partial charge on any atom is -0.380 e. The van der Waals surface area contributed by atoms with E-state index in [9.17, 15) is 0 Å². The Kier molecular flexibility index (Phi) is 3.25. The quantitative estimate of drug-likeness (QED) is 0.893. The molecular weight excluding hydrogens is 228 g/mol. The summed E-state index contributed by atoms with van der Waals surface area (Å²) >= 11 is 0. The van der Waals surface area contributed by atoms with Crippen LogP contribution in [0.2, 0.25) is 0 Å². The highest BCUT2D eigenvalue weighted by atomic mass is 16.5. The van der Waals surface area contributed by atoms with Gasteiger partial charge < -0.3 is 10.1 Å². The van der Waals surface area contributed by atoms with Crippen LogP contribution in [0, 0.1) is 0 Å². The molecule has 96 valence electrons. The normalized spacial score (nSPS) is 22.2. The number of pyridine rings is 1. The molecular formula is C13H18N4O. The first-order valence-corrected chi connectivity index (χ1v) is 6.48. The maximum Gasteiger partial charge on any atom is 0.160 e. The van der Waals surface area contributed by atoms with E-state index in [0.717, 1.165) is 31.1 Å². The van der Waals surface area contributed by atoms with E-state index in [4.69, 9.17) is 4.74 Å². The monoisotopic (exact) mass is 246 g/mol. The fourth-order valence-electron chi connectivity index (χ4n) is 2.46. The fourth-order valence-corrected chi connectivity index (χ4v) is 2.46. The molecule has 0 spiro atoms. The zero-order valence-electron chi connectivity index (χ0n) is 10.5. The van der Waals surface area contributed by atoms with Crippen molar-refractivity contribution in [3.8, 4) is 0 Å². The Hall–Kier alpha value is -1.46. The van der Waals surface area contributed by atoms with Crippen LogP contribution in [0.15, 0.2) is 24.4 Å². The maximum absolute atomic E-state index is 5.48. The number of ether oxygens (including phenoxy) is 1. The third-order valence-corrected chi connectivity index (χ3v) is 3.37. The van der Waals surface area contributed by atoms with Crippen LogP contribution in [0.25, 0.3) is 5.65 Å². The molecule has 2 unspecified atom stereocenters. The van der Waals surface area contributed by atoms with Gasteiger partial charge in [0, 0.05) is 18.8 Å². The molecule has 5 nitrogen and oxygen atoms in total. The van der Waals surface area contributed by atoms with Crippen molar-refractivity contribution in [1.82, 2.24) is 19.9 Å². The zero-order valence-corrected chi connectivity index (χ0v) is 10.5. The van der Waals surface area contributed by atoms with Crippen molar-refractivity contribution >= 4 is 5.65 Å². The van der Waals surface area contributed by atoms with Crippen molar-refractivity contribution in [3.63, 3.8) is 0 Å². The molecule has 2 aromatic heterocycles. The van der Waals surface area contributed by atoms with E-state index in [2.05, 4.69) is 22.4 Å². The van der Waals surface area contributed by atoms with E-state index in [0.29, 0.717) is 6.04 Å². The van der Waals surface area contributed by atoms with E-state index < -0.39 is 0 Å². The summed E-state index contributed by atoms with van der Waals surface area (Å²) < 4.78 is 7.51. The highest BCUT2D eigenvalue weighted by molar-refractivity contribution is 5.37. The smallest absolute Gasteiger partial charge is 0.160 e. The molecule has 0 bridgehead atoms. The van der Waals surface area contributed by atoms with Gasteiger partial charge in [-0.15, -0.1) is 10.2 Å². The first-order valence-electron chi connectivity index (χ1n) is 6.48. The van der Waals surface area contributed by atoms with Crippen molar-refractivity contribution in [2.45, 2.75) is 31.8 Å². The Bertz CT molecular complexity index is 518. The lowest BCUT2D eigenvalue weighted by Gasteiger charge is -2.26. The molecule has 0 aromatic carbocycles. The minimum absolute atomic E-state index is 0.175. The summed E-state index contributed by atoms with van der Waals surface area (Å²) in [4.78, 5) is 0. The van der Waals surface area contributed by atoms with E-state index in [1.165, 1.54) is 6.42 Å². The van der Waals surface area contributed by atoms with Gasteiger partial charge in [-0.05, 0) is 31.9 Å². The Balaban J connectivity index is 1.76. The van der Waals surface area contributed by atoms with Gasteiger partial charge in [0.15, 0.2) is 11.5 Å². The Labute approximate surface area is 106 Å². The summed E-state index contributed by atoms with van der Waals surface area (Å²) in [7, 11) is 0. The van der Waals surface area contributed by atoms with Gasteiger partial charge in [0.1, 0.15) is 0 Å². The molecule has 1 N–H and O–H groups in total. The zero-order chi connectivity index (χ0) is 12.4. The number of hydrogen-bond donors (Lipinski definition) is 1. The lowest BCUT2D eigenvalue weighted by Crippen LogP contribution is -2.38. The largest absolute Gasteiger partial charge is 0.380 e. The summed E-state index contributed by atoms with van der Waals surface area (Å²) in [5.41, 5.74) is 0.890. The third kappa shape index (κ3) is 2.23. The van der Waals surface area contributed by atoms with Gasteiger partial charge in [0.25, 0.3) is 0 Å². The second-order valence-electron chi connectivity index (χ2n) is 4.79. The summed E-state index contributed by atoms with van der Waals surface area (Å²) in [6.07, 6.45) is 4.30. The molecule has 2 aromatic rings. The lowest BCUT2D eigenvalue weighted by atomic mass is 10.1. The molecule has 0 radical (unpaired) electrons. The SMILES string of the molecule is CC(NC1CCCOC1)c1nnc2ccccn12. The second-order valence-corrected chi connectivity index (χ2v) is 4.79. The lowest BCUT2D eigenvalue weighted by molar-refractivity contribution is 0.0667. The molecule has 3 heterocycles. The van der Waals surface area contributed by atoms with Gasteiger partial charge in [-0.3, -0.25) is 4.40 Å². The van der Waals surface area contributed by atoms with E-state index in [1.54, 1.807) is 0 Å². The van der Waals surface area contributed by atoms with Crippen LogP contribution >= 0.6 is 0 Å². The average Bonchev–Trinajstić information content (AvgIpc) is 2.84. The molecule has 1 saturated heterocycles. The molecule has 1 aliphatic rings. The summed E-state index contributed by atoms with van der Waals surface area (Å²) in [6, 6.07) is 6.53. The van der Waals surface area contributed by atoms with Gasteiger partial charge in [-0.1, -0.05) is 6.07 Å². The highest BCUT2D eigenvalue weighted by Gasteiger charge is 2.19. The summed E-state index contributed by atoms with van der Waals surface area (Å²) in [6.45, 7) is 3.81. The Morgan fingerprint density at radius 3 is 3.22 bits per heavy atom. The van der Waals surface area contributed by atoms with E-state index in [1.807, 2.05) is 28.8 Å². The first-order chi connectivity index (χ1) is 8.84. The highest BCUT2D eigenvalue weighted by Crippen LogP contribution is 2.15. The van der Waals surface area contributed by atoms with Crippen LogP contribution in [0.1, 0.15) is 31.6 Å². The molecule has 0 aliphatic carbocycles. The van der Waals surface area contributed by atoms with E-state index in [-0.39, 0.29) is 6.04 Å². The number of fused-ring (bicyclic) bond motifs is 1. The van der Waals surface area contributed by atoms with Gasteiger partial charge in [-0.25, -0.2) is 0 Å². The molecule has 1 fully saturated rings. The van der Waals surface area contributed by atoms with Gasteiger partial charge in [-0.2, -0.15) is 0 Å². The van der Waals surface area contributed by atoms with Crippen LogP contribution in [-0.2, 0) is 4.74 Å². The van der Waals surface area contributed by atoms with Crippen molar-refractivity contribution in [2.24, 2.45) is 0 Å². The van der Waals surface area contributed by atoms with Crippen LogP contribution in [-0.4, -0.2) is 33.9 Å². The molecule has 5 heteroatoms. The molecule has 1 aliphatic heterocycles. The summed E-state index contributed by atoms with van der Waals surface area (Å²) in [5, 5.41) is 12.0. The van der Waals surface area contributed by atoms with Gasteiger partial charge in [0.2, 0.25) is 0 Å². The predicted molar refractivity (Wildman–Crippen MR) is 68.4 cm³/mol. The molecule has 0 amide bonds. The molecule has 0 saturated carbocycles. The van der Waals surface area contributed by atoms with Crippen LogP contribution in [0.5, 0.6) is 0 Å². The average molecular weight is 246 g/mol.